The van der Waals surface area contributed by atoms with E-state index in [1.165, 1.54) is 11.3 Å². The van der Waals surface area contributed by atoms with Gasteiger partial charge in [0.2, 0.25) is 0 Å². The quantitative estimate of drug-likeness (QED) is 0.655. The van der Waals surface area contributed by atoms with Crippen LogP contribution in [0.1, 0.15) is 11.3 Å². The van der Waals surface area contributed by atoms with Gasteiger partial charge >= 0.3 is 0 Å². The molecule has 3 aromatic rings. The molecule has 2 N–H and O–H groups in total. The molecule has 1 heterocycles. The van der Waals surface area contributed by atoms with Crippen molar-refractivity contribution in [2.75, 3.05) is 13.1 Å². The predicted octanol–water partition coefficient (Wildman–Crippen LogP) is 3.45. The van der Waals surface area contributed by atoms with Crippen molar-refractivity contribution in [2.45, 2.75) is 12.8 Å². The number of nitrogens with zero attached hydrogens (tertiary/aromatic N) is 1. The van der Waals surface area contributed by atoms with Crippen LogP contribution in [0.4, 0.5) is 0 Å². The largest absolute Gasteiger partial charge is 0.316 e. The summed E-state index contributed by atoms with van der Waals surface area (Å²) >= 11 is 0. The van der Waals surface area contributed by atoms with Crippen LogP contribution in [0.2, 0.25) is 0 Å². The fourth-order valence-electron chi connectivity index (χ4n) is 2.47. The minimum absolute atomic E-state index is 0.962. The minimum atomic E-state index is 0.962. The van der Waals surface area contributed by atoms with Gasteiger partial charge < -0.3 is 5.32 Å². The number of benzene rings is 2. The molecule has 3 nitrogen and oxygen atoms in total. The Morgan fingerprint density at radius 2 is 1.50 bits per heavy atom. The Morgan fingerprint density at radius 3 is 2.27 bits per heavy atom. The third-order valence-electron chi connectivity index (χ3n) is 3.70. The molecule has 0 radical (unpaired) electrons. The minimum Gasteiger partial charge on any atom is -0.316 e. The van der Waals surface area contributed by atoms with Crippen molar-refractivity contribution in [2.24, 2.45) is 0 Å². The third-order valence-corrected chi connectivity index (χ3v) is 3.70. The van der Waals surface area contributed by atoms with Gasteiger partial charge in [0.25, 0.3) is 0 Å². The molecule has 22 heavy (non-hydrogen) atoms. The number of rotatable bonds is 7. The molecule has 0 amide bonds. The van der Waals surface area contributed by atoms with E-state index in [0.717, 1.165) is 37.2 Å². The summed E-state index contributed by atoms with van der Waals surface area (Å²) in [4.78, 5) is 0. The standard InChI is InChI=1S/C19H21N3/c1-3-7-16(8-4-1)11-13-20-14-12-18-15-19(22-21-18)17-9-5-2-6-10-17/h1-10,15,20H,11-14H2,(H,21,22). The second-order valence-electron chi connectivity index (χ2n) is 5.38. The van der Waals surface area contributed by atoms with Gasteiger partial charge in [-0.2, -0.15) is 5.10 Å². The van der Waals surface area contributed by atoms with Crippen LogP contribution in [0.5, 0.6) is 0 Å². The smallest absolute Gasteiger partial charge is 0.0923 e. The van der Waals surface area contributed by atoms with E-state index in [1.807, 2.05) is 18.2 Å². The fourth-order valence-corrected chi connectivity index (χ4v) is 2.47. The van der Waals surface area contributed by atoms with Gasteiger partial charge in [-0.25, -0.2) is 0 Å². The lowest BCUT2D eigenvalue weighted by molar-refractivity contribution is 0.674. The Bertz CT molecular complexity index is 674. The van der Waals surface area contributed by atoms with Gasteiger partial charge in [0.05, 0.1) is 5.69 Å². The summed E-state index contributed by atoms with van der Waals surface area (Å²) < 4.78 is 0. The van der Waals surface area contributed by atoms with Gasteiger partial charge in [-0.05, 0) is 24.6 Å². The summed E-state index contributed by atoms with van der Waals surface area (Å²) in [6.07, 6.45) is 2.04. The molecular weight excluding hydrogens is 270 g/mol. The van der Waals surface area contributed by atoms with Crippen LogP contribution in [-0.4, -0.2) is 23.3 Å². The summed E-state index contributed by atoms with van der Waals surface area (Å²) in [5.74, 6) is 0. The highest BCUT2D eigenvalue weighted by molar-refractivity contribution is 5.58. The molecule has 1 aromatic heterocycles. The average Bonchev–Trinajstić information content (AvgIpc) is 3.05. The van der Waals surface area contributed by atoms with E-state index in [1.54, 1.807) is 0 Å². The second-order valence-corrected chi connectivity index (χ2v) is 5.38. The maximum atomic E-state index is 4.38. The predicted molar refractivity (Wildman–Crippen MR) is 90.7 cm³/mol. The molecule has 0 aliphatic carbocycles. The van der Waals surface area contributed by atoms with Gasteiger partial charge in [0, 0.05) is 24.2 Å². The van der Waals surface area contributed by atoms with Crippen LogP contribution in [0.3, 0.4) is 0 Å². The number of aromatic amines is 1. The first-order valence-electron chi connectivity index (χ1n) is 7.76. The topological polar surface area (TPSA) is 40.7 Å². The maximum Gasteiger partial charge on any atom is 0.0923 e. The van der Waals surface area contributed by atoms with Crippen molar-refractivity contribution in [3.05, 3.63) is 78.0 Å². The number of hydrogen-bond acceptors (Lipinski definition) is 2. The monoisotopic (exact) mass is 291 g/mol. The zero-order valence-corrected chi connectivity index (χ0v) is 12.6. The SMILES string of the molecule is c1ccc(CCNCCc2cc(-c3ccccc3)n[nH]2)cc1. The lowest BCUT2D eigenvalue weighted by atomic mass is 10.1. The molecule has 0 aliphatic heterocycles. The molecule has 2 aromatic carbocycles. The maximum absolute atomic E-state index is 4.38. The Morgan fingerprint density at radius 1 is 0.818 bits per heavy atom. The summed E-state index contributed by atoms with van der Waals surface area (Å²) in [5.41, 5.74) is 4.72. The van der Waals surface area contributed by atoms with Crippen LogP contribution >= 0.6 is 0 Å². The molecule has 0 unspecified atom stereocenters. The van der Waals surface area contributed by atoms with Crippen LogP contribution < -0.4 is 5.32 Å². The molecule has 112 valence electrons. The van der Waals surface area contributed by atoms with Gasteiger partial charge in [-0.3, -0.25) is 5.10 Å². The van der Waals surface area contributed by atoms with E-state index in [4.69, 9.17) is 0 Å². The van der Waals surface area contributed by atoms with E-state index in [0.29, 0.717) is 0 Å². The number of H-pyrrole nitrogens is 1. The Balaban J connectivity index is 1.42. The first-order valence-corrected chi connectivity index (χ1v) is 7.76. The lowest BCUT2D eigenvalue weighted by Gasteiger charge is -2.03. The molecule has 0 aliphatic rings. The first kappa shape index (κ1) is 14.5. The Kier molecular flexibility index (Phi) is 5.00. The van der Waals surface area contributed by atoms with Crippen molar-refractivity contribution in [1.29, 1.82) is 0 Å². The summed E-state index contributed by atoms with van der Waals surface area (Å²) in [7, 11) is 0. The van der Waals surface area contributed by atoms with Crippen molar-refractivity contribution < 1.29 is 0 Å². The molecule has 3 rings (SSSR count). The second kappa shape index (κ2) is 7.57. The van der Waals surface area contributed by atoms with Crippen molar-refractivity contribution in [3.63, 3.8) is 0 Å². The number of aromatic nitrogens is 2. The molecule has 0 bridgehead atoms. The molecule has 0 saturated heterocycles. The van der Waals surface area contributed by atoms with Gasteiger partial charge in [-0.1, -0.05) is 60.7 Å². The highest BCUT2D eigenvalue weighted by Crippen LogP contribution is 2.16. The Hall–Kier alpha value is -2.39. The van der Waals surface area contributed by atoms with Crippen molar-refractivity contribution in [1.82, 2.24) is 15.5 Å². The van der Waals surface area contributed by atoms with Crippen molar-refractivity contribution >= 4 is 0 Å². The van der Waals surface area contributed by atoms with Crippen LogP contribution in [0.15, 0.2) is 66.7 Å². The molecular formula is C19H21N3. The summed E-state index contributed by atoms with van der Waals surface area (Å²) in [6.45, 7) is 1.97. The highest BCUT2D eigenvalue weighted by Gasteiger charge is 2.03. The average molecular weight is 291 g/mol. The summed E-state index contributed by atoms with van der Waals surface area (Å²) in [6, 6.07) is 23.0. The zero-order valence-electron chi connectivity index (χ0n) is 12.6. The first-order chi connectivity index (χ1) is 10.9. The van der Waals surface area contributed by atoms with Crippen LogP contribution in [-0.2, 0) is 12.8 Å². The van der Waals surface area contributed by atoms with E-state index in [-0.39, 0.29) is 0 Å². The van der Waals surface area contributed by atoms with E-state index < -0.39 is 0 Å². The van der Waals surface area contributed by atoms with Crippen LogP contribution in [0.25, 0.3) is 11.3 Å². The van der Waals surface area contributed by atoms with Crippen molar-refractivity contribution in [3.8, 4) is 11.3 Å². The molecule has 0 saturated carbocycles. The van der Waals surface area contributed by atoms with Gasteiger partial charge in [-0.15, -0.1) is 0 Å². The normalized spacial score (nSPS) is 10.7. The number of nitrogens with one attached hydrogen (secondary N) is 2. The number of hydrogen-bond donors (Lipinski definition) is 2. The van der Waals surface area contributed by atoms with E-state index in [2.05, 4.69) is 64.0 Å². The van der Waals surface area contributed by atoms with E-state index in [9.17, 15) is 0 Å². The molecule has 3 heteroatoms. The van der Waals surface area contributed by atoms with E-state index >= 15 is 0 Å². The summed E-state index contributed by atoms with van der Waals surface area (Å²) in [5, 5.41) is 11.0. The molecule has 0 fully saturated rings. The fraction of sp³-hybridized carbons (Fsp3) is 0.211. The third kappa shape index (κ3) is 4.06. The Labute approximate surface area is 131 Å². The zero-order chi connectivity index (χ0) is 15.0. The molecule has 0 atom stereocenters. The molecule has 0 spiro atoms. The lowest BCUT2D eigenvalue weighted by Crippen LogP contribution is -2.20. The van der Waals surface area contributed by atoms with Gasteiger partial charge in [0.15, 0.2) is 0 Å². The highest BCUT2D eigenvalue weighted by atomic mass is 15.1. The van der Waals surface area contributed by atoms with Crippen LogP contribution in [0, 0.1) is 0 Å². The van der Waals surface area contributed by atoms with Gasteiger partial charge in [0.1, 0.15) is 0 Å².